The van der Waals surface area contributed by atoms with Crippen molar-refractivity contribution in [3.63, 3.8) is 0 Å². The standard InChI is InChI=1S/C16H13ClF3NO2/c1-2-23-12-5-3-4-10(8-12)15(22)21-14-7-6-11(17)9-13(14)16(18,19)20/h3-9H,2H2,1H3,(H,21,22). The molecule has 0 fully saturated rings. The van der Waals surface area contributed by atoms with Gasteiger partial charge in [-0.1, -0.05) is 17.7 Å². The summed E-state index contributed by atoms with van der Waals surface area (Å²) in [6.45, 7) is 2.20. The van der Waals surface area contributed by atoms with E-state index in [-0.39, 0.29) is 16.3 Å². The van der Waals surface area contributed by atoms with Gasteiger partial charge in [-0.15, -0.1) is 0 Å². The number of halogens is 4. The van der Waals surface area contributed by atoms with Crippen LogP contribution in [-0.2, 0) is 6.18 Å². The lowest BCUT2D eigenvalue weighted by Crippen LogP contribution is -2.16. The molecule has 3 nitrogen and oxygen atoms in total. The molecule has 7 heteroatoms. The minimum atomic E-state index is -4.62. The fraction of sp³-hybridized carbons (Fsp3) is 0.188. The summed E-state index contributed by atoms with van der Waals surface area (Å²) in [5.41, 5.74) is -1.16. The highest BCUT2D eigenvalue weighted by Gasteiger charge is 2.34. The van der Waals surface area contributed by atoms with Gasteiger partial charge in [-0.25, -0.2) is 0 Å². The van der Waals surface area contributed by atoms with Gasteiger partial charge >= 0.3 is 6.18 Å². The number of anilines is 1. The van der Waals surface area contributed by atoms with Gasteiger partial charge in [0.05, 0.1) is 17.9 Å². The van der Waals surface area contributed by atoms with Crippen molar-refractivity contribution in [2.45, 2.75) is 13.1 Å². The van der Waals surface area contributed by atoms with Crippen molar-refractivity contribution in [2.24, 2.45) is 0 Å². The average molecular weight is 344 g/mol. The summed E-state index contributed by atoms with van der Waals surface area (Å²) in [7, 11) is 0. The highest BCUT2D eigenvalue weighted by atomic mass is 35.5. The van der Waals surface area contributed by atoms with E-state index >= 15 is 0 Å². The third-order valence-corrected chi connectivity index (χ3v) is 3.18. The summed E-state index contributed by atoms with van der Waals surface area (Å²) >= 11 is 5.60. The molecule has 0 heterocycles. The second kappa shape index (κ2) is 6.91. The second-order valence-electron chi connectivity index (χ2n) is 4.60. The highest BCUT2D eigenvalue weighted by Crippen LogP contribution is 2.36. The zero-order valence-electron chi connectivity index (χ0n) is 12.1. The molecule has 1 N–H and O–H groups in total. The molecule has 23 heavy (non-hydrogen) atoms. The monoisotopic (exact) mass is 343 g/mol. The Balaban J connectivity index is 2.29. The minimum Gasteiger partial charge on any atom is -0.494 e. The predicted octanol–water partition coefficient (Wildman–Crippen LogP) is 5.01. The van der Waals surface area contributed by atoms with Crippen LogP contribution < -0.4 is 10.1 Å². The number of alkyl halides is 3. The van der Waals surface area contributed by atoms with Gasteiger partial charge in [0.15, 0.2) is 0 Å². The van der Waals surface area contributed by atoms with Gasteiger partial charge in [0.2, 0.25) is 0 Å². The van der Waals surface area contributed by atoms with E-state index in [1.165, 1.54) is 18.2 Å². The smallest absolute Gasteiger partial charge is 0.418 e. The molecule has 0 aliphatic rings. The number of hydrogen-bond acceptors (Lipinski definition) is 2. The lowest BCUT2D eigenvalue weighted by molar-refractivity contribution is -0.136. The number of carbonyl (C=O) groups excluding carboxylic acids is 1. The summed E-state index contributed by atoms with van der Waals surface area (Å²) < 4.78 is 44.3. The van der Waals surface area contributed by atoms with Crippen molar-refractivity contribution < 1.29 is 22.7 Å². The summed E-state index contributed by atoms with van der Waals surface area (Å²) in [4.78, 5) is 12.2. The fourth-order valence-corrected chi connectivity index (χ4v) is 2.12. The number of benzene rings is 2. The van der Waals surface area contributed by atoms with Crippen molar-refractivity contribution in [1.29, 1.82) is 0 Å². The van der Waals surface area contributed by atoms with Crippen LogP contribution in [0.15, 0.2) is 42.5 Å². The SMILES string of the molecule is CCOc1cccc(C(=O)Nc2ccc(Cl)cc2C(F)(F)F)c1. The van der Waals surface area contributed by atoms with Gasteiger partial charge in [-0.2, -0.15) is 13.2 Å². The lowest BCUT2D eigenvalue weighted by atomic mass is 10.1. The molecule has 0 atom stereocenters. The zero-order chi connectivity index (χ0) is 17.0. The molecular weight excluding hydrogens is 331 g/mol. The topological polar surface area (TPSA) is 38.3 Å². The zero-order valence-corrected chi connectivity index (χ0v) is 12.8. The molecule has 0 aliphatic heterocycles. The Kier molecular flexibility index (Phi) is 5.15. The Bertz CT molecular complexity index is 717. The normalized spacial score (nSPS) is 11.2. The first-order valence-corrected chi connectivity index (χ1v) is 7.10. The van der Waals surface area contributed by atoms with Crippen LogP contribution in [0.2, 0.25) is 5.02 Å². The van der Waals surface area contributed by atoms with Gasteiger partial charge < -0.3 is 10.1 Å². The number of carbonyl (C=O) groups is 1. The molecule has 0 radical (unpaired) electrons. The first kappa shape index (κ1) is 17.1. The van der Waals surface area contributed by atoms with Crippen LogP contribution in [0, 0.1) is 0 Å². The van der Waals surface area contributed by atoms with Crippen molar-refractivity contribution >= 4 is 23.2 Å². The summed E-state index contributed by atoms with van der Waals surface area (Å²) in [5, 5.41) is 2.20. The van der Waals surface area contributed by atoms with E-state index in [4.69, 9.17) is 16.3 Å². The van der Waals surface area contributed by atoms with Crippen molar-refractivity contribution in [3.05, 3.63) is 58.6 Å². The number of ether oxygens (including phenoxy) is 1. The Morgan fingerprint density at radius 3 is 2.61 bits per heavy atom. The first-order chi connectivity index (χ1) is 10.8. The molecule has 122 valence electrons. The summed E-state index contributed by atoms with van der Waals surface area (Å²) in [6.07, 6.45) is -4.62. The average Bonchev–Trinajstić information content (AvgIpc) is 2.48. The molecule has 1 amide bonds. The summed E-state index contributed by atoms with van der Waals surface area (Å²) in [6, 6.07) is 9.37. The van der Waals surface area contributed by atoms with Crippen molar-refractivity contribution in [3.8, 4) is 5.75 Å². The largest absolute Gasteiger partial charge is 0.494 e. The van der Waals surface area contributed by atoms with Gasteiger partial charge in [0.25, 0.3) is 5.91 Å². The molecule has 2 rings (SSSR count). The number of amides is 1. The molecule has 0 saturated carbocycles. The minimum absolute atomic E-state index is 0.0614. The van der Waals surface area contributed by atoms with E-state index in [9.17, 15) is 18.0 Å². The van der Waals surface area contributed by atoms with E-state index in [0.717, 1.165) is 12.1 Å². The molecular formula is C16H13ClF3NO2. The lowest BCUT2D eigenvalue weighted by Gasteiger charge is -2.14. The van der Waals surface area contributed by atoms with E-state index in [1.807, 2.05) is 0 Å². The Labute approximate surface area is 136 Å². The Morgan fingerprint density at radius 1 is 1.22 bits per heavy atom. The van der Waals surface area contributed by atoms with Crippen molar-refractivity contribution in [2.75, 3.05) is 11.9 Å². The maximum atomic E-state index is 13.0. The van der Waals surface area contributed by atoms with Crippen LogP contribution in [-0.4, -0.2) is 12.5 Å². The number of rotatable bonds is 4. The van der Waals surface area contributed by atoms with E-state index in [1.54, 1.807) is 19.1 Å². The third-order valence-electron chi connectivity index (χ3n) is 2.94. The van der Waals surface area contributed by atoms with Crippen LogP contribution in [0.25, 0.3) is 0 Å². The van der Waals surface area contributed by atoms with Crippen LogP contribution >= 0.6 is 11.6 Å². The van der Waals surface area contributed by atoms with Gasteiger partial charge in [-0.3, -0.25) is 4.79 Å². The molecule has 0 bridgehead atoms. The molecule has 0 saturated heterocycles. The van der Waals surface area contributed by atoms with Gasteiger partial charge in [0.1, 0.15) is 5.75 Å². The third kappa shape index (κ3) is 4.39. The van der Waals surface area contributed by atoms with Crippen molar-refractivity contribution in [1.82, 2.24) is 0 Å². The maximum Gasteiger partial charge on any atom is 0.418 e. The number of hydrogen-bond donors (Lipinski definition) is 1. The van der Waals surface area contributed by atoms with Crippen LogP contribution in [0.1, 0.15) is 22.8 Å². The number of nitrogens with one attached hydrogen (secondary N) is 1. The maximum absolute atomic E-state index is 13.0. The van der Waals surface area contributed by atoms with Gasteiger partial charge in [0, 0.05) is 10.6 Å². The first-order valence-electron chi connectivity index (χ1n) is 6.72. The predicted molar refractivity (Wildman–Crippen MR) is 82.0 cm³/mol. The Morgan fingerprint density at radius 2 is 1.96 bits per heavy atom. The molecule has 2 aromatic rings. The molecule has 2 aromatic carbocycles. The quantitative estimate of drug-likeness (QED) is 0.847. The van der Waals surface area contributed by atoms with Crippen LogP contribution in [0.5, 0.6) is 5.75 Å². The van der Waals surface area contributed by atoms with E-state index in [2.05, 4.69) is 5.32 Å². The fourth-order valence-electron chi connectivity index (χ4n) is 1.95. The van der Waals surface area contributed by atoms with E-state index in [0.29, 0.717) is 12.4 Å². The van der Waals surface area contributed by atoms with E-state index < -0.39 is 17.6 Å². The highest BCUT2D eigenvalue weighted by molar-refractivity contribution is 6.30. The Hall–Kier alpha value is -2.21. The molecule has 0 unspecified atom stereocenters. The van der Waals surface area contributed by atoms with Crippen LogP contribution in [0.3, 0.4) is 0 Å². The molecule has 0 aromatic heterocycles. The van der Waals surface area contributed by atoms with Gasteiger partial charge in [-0.05, 0) is 43.3 Å². The van der Waals surface area contributed by atoms with Crippen LogP contribution in [0.4, 0.5) is 18.9 Å². The molecule has 0 aliphatic carbocycles. The summed E-state index contributed by atoms with van der Waals surface area (Å²) in [5.74, 6) is -0.202. The molecule has 0 spiro atoms. The second-order valence-corrected chi connectivity index (χ2v) is 5.04.